The molecule has 0 radical (unpaired) electrons. The standard InChI is InChI=1S/C17H22N2O7/c1-3-13(22)19-11-6-4-10(5-7-11)17(25)16(18-9(2)21)15(24)14(23)12(8-20)26-17/h3-7,12,14-16,20,23-25H,1,8H2,2H3,(H,18,21)(H,19,22)/t12-,14-,15+,16-,17?/m1/s1. The van der Waals surface area contributed by atoms with Crippen LogP contribution in [0.5, 0.6) is 0 Å². The smallest absolute Gasteiger partial charge is 0.247 e. The summed E-state index contributed by atoms with van der Waals surface area (Å²) in [7, 11) is 0. The second kappa shape index (κ2) is 7.94. The van der Waals surface area contributed by atoms with E-state index in [0.29, 0.717) is 5.69 Å². The molecule has 1 saturated heterocycles. The van der Waals surface area contributed by atoms with Gasteiger partial charge in [0.1, 0.15) is 24.4 Å². The molecule has 1 aromatic rings. The summed E-state index contributed by atoms with van der Waals surface area (Å²) in [5, 5.41) is 45.6. The maximum atomic E-state index is 11.5. The highest BCUT2D eigenvalue weighted by molar-refractivity contribution is 5.98. The van der Waals surface area contributed by atoms with Gasteiger partial charge in [-0.2, -0.15) is 0 Å². The Morgan fingerprint density at radius 2 is 1.88 bits per heavy atom. The van der Waals surface area contributed by atoms with E-state index in [2.05, 4.69) is 17.2 Å². The molecule has 1 aromatic carbocycles. The molecule has 2 rings (SSSR count). The van der Waals surface area contributed by atoms with Gasteiger partial charge < -0.3 is 35.8 Å². The third-order valence-corrected chi connectivity index (χ3v) is 4.12. The van der Waals surface area contributed by atoms with Gasteiger partial charge in [0.25, 0.3) is 0 Å². The molecule has 142 valence electrons. The molecule has 0 aliphatic carbocycles. The lowest BCUT2D eigenvalue weighted by atomic mass is 9.86. The van der Waals surface area contributed by atoms with Crippen LogP contribution in [0.15, 0.2) is 36.9 Å². The van der Waals surface area contributed by atoms with Crippen molar-refractivity contribution in [3.63, 3.8) is 0 Å². The largest absolute Gasteiger partial charge is 0.394 e. The first kappa shape index (κ1) is 20.0. The molecule has 6 N–H and O–H groups in total. The third-order valence-electron chi connectivity index (χ3n) is 4.12. The number of benzene rings is 1. The van der Waals surface area contributed by atoms with Crippen molar-refractivity contribution in [3.8, 4) is 0 Å². The highest BCUT2D eigenvalue weighted by Gasteiger charge is 2.54. The van der Waals surface area contributed by atoms with Gasteiger partial charge in [-0.1, -0.05) is 18.7 Å². The molecule has 1 unspecified atom stereocenters. The Balaban J connectivity index is 2.38. The predicted molar refractivity (Wildman–Crippen MR) is 90.7 cm³/mol. The SMILES string of the molecule is C=CC(=O)Nc1ccc(C2(O)O[C@H](CO)[C@@H](O)[C@H](O)[C@H]2NC(C)=O)cc1. The molecule has 0 bridgehead atoms. The Bertz CT molecular complexity index is 678. The van der Waals surface area contributed by atoms with Crippen molar-refractivity contribution in [2.45, 2.75) is 37.1 Å². The normalized spacial score (nSPS) is 31.1. The van der Waals surface area contributed by atoms with Crippen molar-refractivity contribution in [1.82, 2.24) is 5.32 Å². The number of carbonyl (C=O) groups excluding carboxylic acids is 2. The van der Waals surface area contributed by atoms with E-state index in [1.807, 2.05) is 0 Å². The first-order valence-corrected chi connectivity index (χ1v) is 7.91. The lowest BCUT2D eigenvalue weighted by molar-refractivity contribution is -0.326. The number of aliphatic hydroxyl groups excluding tert-OH is 3. The molecule has 2 amide bonds. The van der Waals surface area contributed by atoms with Crippen molar-refractivity contribution in [3.05, 3.63) is 42.5 Å². The number of nitrogens with one attached hydrogen (secondary N) is 2. The first-order valence-electron chi connectivity index (χ1n) is 7.91. The highest BCUT2D eigenvalue weighted by atomic mass is 16.6. The van der Waals surface area contributed by atoms with Gasteiger partial charge in [-0.05, 0) is 18.2 Å². The average Bonchev–Trinajstić information content (AvgIpc) is 2.62. The number of amides is 2. The van der Waals surface area contributed by atoms with E-state index in [-0.39, 0.29) is 5.56 Å². The lowest BCUT2D eigenvalue weighted by Crippen LogP contribution is -2.68. The lowest BCUT2D eigenvalue weighted by Gasteiger charge is -2.47. The van der Waals surface area contributed by atoms with E-state index in [9.17, 15) is 30.0 Å². The number of carbonyl (C=O) groups is 2. The Kier molecular flexibility index (Phi) is 6.11. The molecule has 5 atom stereocenters. The van der Waals surface area contributed by atoms with Crippen LogP contribution in [0.1, 0.15) is 12.5 Å². The zero-order chi connectivity index (χ0) is 19.5. The topological polar surface area (TPSA) is 148 Å². The van der Waals surface area contributed by atoms with Gasteiger partial charge in [-0.3, -0.25) is 9.59 Å². The van der Waals surface area contributed by atoms with Crippen molar-refractivity contribution >= 4 is 17.5 Å². The van der Waals surface area contributed by atoms with Gasteiger partial charge in [-0.15, -0.1) is 0 Å². The Morgan fingerprint density at radius 1 is 1.27 bits per heavy atom. The summed E-state index contributed by atoms with van der Waals surface area (Å²) in [4.78, 5) is 22.8. The predicted octanol–water partition coefficient (Wildman–Crippen LogP) is -1.43. The van der Waals surface area contributed by atoms with Crippen LogP contribution in [0, 0.1) is 0 Å². The summed E-state index contributed by atoms with van der Waals surface area (Å²) in [5.74, 6) is -3.18. The molecule has 26 heavy (non-hydrogen) atoms. The van der Waals surface area contributed by atoms with Crippen LogP contribution in [0.2, 0.25) is 0 Å². The summed E-state index contributed by atoms with van der Waals surface area (Å²) in [5.41, 5.74) is 0.575. The molecule has 0 spiro atoms. The zero-order valence-electron chi connectivity index (χ0n) is 14.1. The zero-order valence-corrected chi connectivity index (χ0v) is 14.1. The number of hydrogen-bond donors (Lipinski definition) is 6. The van der Waals surface area contributed by atoms with E-state index >= 15 is 0 Å². The summed E-state index contributed by atoms with van der Waals surface area (Å²) in [6.07, 6.45) is -3.26. The van der Waals surface area contributed by atoms with Crippen LogP contribution in [0.4, 0.5) is 5.69 Å². The molecular weight excluding hydrogens is 344 g/mol. The number of ether oxygens (including phenoxy) is 1. The second-order valence-corrected chi connectivity index (χ2v) is 5.97. The van der Waals surface area contributed by atoms with E-state index in [1.165, 1.54) is 31.2 Å². The molecule has 1 aliphatic rings. The van der Waals surface area contributed by atoms with Crippen molar-refractivity contribution < 1.29 is 34.8 Å². The number of hydrogen-bond acceptors (Lipinski definition) is 7. The second-order valence-electron chi connectivity index (χ2n) is 5.97. The highest BCUT2D eigenvalue weighted by Crippen LogP contribution is 2.36. The molecule has 1 fully saturated rings. The van der Waals surface area contributed by atoms with Gasteiger partial charge in [0.15, 0.2) is 0 Å². The maximum absolute atomic E-state index is 11.5. The molecule has 1 heterocycles. The van der Waals surface area contributed by atoms with Gasteiger partial charge in [-0.25, -0.2) is 0 Å². The maximum Gasteiger partial charge on any atom is 0.247 e. The molecule has 0 aromatic heterocycles. The first-order chi connectivity index (χ1) is 12.2. The summed E-state index contributed by atoms with van der Waals surface area (Å²) >= 11 is 0. The van der Waals surface area contributed by atoms with Crippen LogP contribution in [0.3, 0.4) is 0 Å². The van der Waals surface area contributed by atoms with E-state index < -0.39 is 48.6 Å². The van der Waals surface area contributed by atoms with Crippen LogP contribution >= 0.6 is 0 Å². The van der Waals surface area contributed by atoms with Gasteiger partial charge in [0.2, 0.25) is 17.6 Å². The van der Waals surface area contributed by atoms with Gasteiger partial charge in [0.05, 0.1) is 6.61 Å². The molecule has 9 heteroatoms. The number of rotatable bonds is 5. The molecule has 1 aliphatic heterocycles. The van der Waals surface area contributed by atoms with Gasteiger partial charge >= 0.3 is 0 Å². The summed E-state index contributed by atoms with van der Waals surface area (Å²) in [6.45, 7) is 3.88. The van der Waals surface area contributed by atoms with Crippen LogP contribution in [-0.2, 0) is 20.1 Å². The minimum atomic E-state index is -2.21. The van der Waals surface area contributed by atoms with Crippen LogP contribution in [0.25, 0.3) is 0 Å². The number of aliphatic hydroxyl groups is 4. The summed E-state index contributed by atoms with van der Waals surface area (Å²) in [6, 6.07) is 4.42. The Hall–Kier alpha value is -2.30. The average molecular weight is 366 g/mol. The third kappa shape index (κ3) is 3.92. The van der Waals surface area contributed by atoms with Crippen molar-refractivity contribution in [1.29, 1.82) is 0 Å². The fourth-order valence-electron chi connectivity index (χ4n) is 2.80. The fourth-order valence-corrected chi connectivity index (χ4v) is 2.80. The molecular formula is C17H22N2O7. The molecule has 9 nitrogen and oxygen atoms in total. The number of anilines is 1. The van der Waals surface area contributed by atoms with E-state index in [0.717, 1.165) is 6.08 Å². The van der Waals surface area contributed by atoms with E-state index in [4.69, 9.17) is 4.74 Å². The minimum Gasteiger partial charge on any atom is -0.394 e. The van der Waals surface area contributed by atoms with E-state index in [1.54, 1.807) is 0 Å². The van der Waals surface area contributed by atoms with Crippen LogP contribution < -0.4 is 10.6 Å². The van der Waals surface area contributed by atoms with Gasteiger partial charge in [0, 0.05) is 18.2 Å². The van der Waals surface area contributed by atoms with Crippen LogP contribution in [-0.4, -0.2) is 63.2 Å². The molecule has 0 saturated carbocycles. The Labute approximate surface area is 149 Å². The summed E-state index contributed by atoms with van der Waals surface area (Å²) < 4.78 is 5.42. The Morgan fingerprint density at radius 3 is 2.38 bits per heavy atom. The minimum absolute atomic E-state index is 0.150. The monoisotopic (exact) mass is 366 g/mol. The van der Waals surface area contributed by atoms with Crippen molar-refractivity contribution in [2.24, 2.45) is 0 Å². The quantitative estimate of drug-likeness (QED) is 0.350. The van der Waals surface area contributed by atoms with Crippen molar-refractivity contribution in [2.75, 3.05) is 11.9 Å². The fraction of sp³-hybridized carbons (Fsp3) is 0.412.